The Kier molecular flexibility index (Phi) is 4.33. The first-order valence-electron chi connectivity index (χ1n) is 9.61. The average molecular weight is 388 g/mol. The molecule has 0 atom stereocenters. The Balaban J connectivity index is 1.42. The topological polar surface area (TPSA) is 97.3 Å². The molecule has 5 rings (SSSR count). The number of hydrogen-bond donors (Lipinski definition) is 2. The van der Waals surface area contributed by atoms with E-state index in [2.05, 4.69) is 20.4 Å². The summed E-state index contributed by atoms with van der Waals surface area (Å²) in [7, 11) is 0. The number of aliphatic hydroxyl groups excluding tert-OH is 1. The van der Waals surface area contributed by atoms with E-state index in [0.717, 1.165) is 29.9 Å². The molecule has 0 aliphatic heterocycles. The van der Waals surface area contributed by atoms with Crippen molar-refractivity contribution in [1.82, 2.24) is 24.1 Å². The predicted octanol–water partition coefficient (Wildman–Crippen LogP) is 2.71. The Morgan fingerprint density at radius 2 is 2.14 bits per heavy atom. The van der Waals surface area contributed by atoms with Gasteiger partial charge in [-0.2, -0.15) is 5.10 Å². The van der Waals surface area contributed by atoms with Gasteiger partial charge in [0.05, 0.1) is 12.8 Å². The lowest BCUT2D eigenvalue weighted by Crippen LogP contribution is -2.12. The smallest absolute Gasteiger partial charge is 0.261 e. The lowest BCUT2D eigenvalue weighted by atomic mass is 10.1. The summed E-state index contributed by atoms with van der Waals surface area (Å²) in [4.78, 5) is 21.9. The van der Waals surface area contributed by atoms with Crippen molar-refractivity contribution in [2.75, 3.05) is 11.9 Å². The van der Waals surface area contributed by atoms with E-state index in [1.54, 1.807) is 16.9 Å². The lowest BCUT2D eigenvalue weighted by Gasteiger charge is -2.09. The van der Waals surface area contributed by atoms with Gasteiger partial charge in [0.15, 0.2) is 5.65 Å². The van der Waals surface area contributed by atoms with Crippen LogP contribution in [0.2, 0.25) is 0 Å². The molecule has 3 heterocycles. The van der Waals surface area contributed by atoms with E-state index in [-0.39, 0.29) is 12.5 Å². The zero-order valence-electron chi connectivity index (χ0n) is 15.7. The first-order valence-corrected chi connectivity index (χ1v) is 9.61. The van der Waals surface area contributed by atoms with Gasteiger partial charge in [-0.3, -0.25) is 4.79 Å². The van der Waals surface area contributed by atoms with Crippen LogP contribution in [-0.4, -0.2) is 41.8 Å². The fraction of sp³-hybridized carbons (Fsp3) is 0.238. The van der Waals surface area contributed by atoms with Crippen LogP contribution in [0.15, 0.2) is 55.1 Å². The number of aliphatic hydroxyl groups is 1. The molecule has 1 aromatic carbocycles. The molecule has 1 amide bonds. The van der Waals surface area contributed by atoms with Crippen LogP contribution in [0.25, 0.3) is 17.0 Å². The van der Waals surface area contributed by atoms with Crippen LogP contribution in [0.4, 0.5) is 5.69 Å². The first-order chi connectivity index (χ1) is 14.2. The summed E-state index contributed by atoms with van der Waals surface area (Å²) >= 11 is 0. The summed E-state index contributed by atoms with van der Waals surface area (Å²) in [6, 6.07) is 9.45. The second-order valence-corrected chi connectivity index (χ2v) is 7.16. The number of benzene rings is 1. The van der Waals surface area contributed by atoms with Gasteiger partial charge < -0.3 is 15.0 Å². The van der Waals surface area contributed by atoms with E-state index in [0.29, 0.717) is 29.4 Å². The van der Waals surface area contributed by atoms with Gasteiger partial charge in [-0.25, -0.2) is 14.5 Å². The molecule has 1 saturated carbocycles. The summed E-state index contributed by atoms with van der Waals surface area (Å²) in [6.07, 6.45) is 9.22. The molecule has 0 bridgehead atoms. The third kappa shape index (κ3) is 3.38. The number of nitrogens with one attached hydrogen (secondary N) is 1. The maximum atomic E-state index is 12.9. The van der Waals surface area contributed by atoms with Gasteiger partial charge in [-0.15, -0.1) is 0 Å². The molecule has 4 aromatic rings. The zero-order valence-corrected chi connectivity index (χ0v) is 15.7. The zero-order chi connectivity index (χ0) is 19.8. The number of rotatable bonds is 6. The molecule has 29 heavy (non-hydrogen) atoms. The summed E-state index contributed by atoms with van der Waals surface area (Å²) in [5.41, 5.74) is 3.55. The molecule has 0 radical (unpaired) electrons. The van der Waals surface area contributed by atoms with Crippen molar-refractivity contribution in [1.29, 1.82) is 0 Å². The highest BCUT2D eigenvalue weighted by Crippen LogP contribution is 2.39. The highest BCUT2D eigenvalue weighted by Gasteiger charge is 2.26. The van der Waals surface area contributed by atoms with E-state index >= 15 is 0 Å². The van der Waals surface area contributed by atoms with Crippen LogP contribution in [-0.2, 0) is 6.54 Å². The first kappa shape index (κ1) is 17.6. The van der Waals surface area contributed by atoms with E-state index in [1.165, 1.54) is 0 Å². The third-order valence-corrected chi connectivity index (χ3v) is 5.07. The van der Waals surface area contributed by atoms with Crippen LogP contribution in [0.5, 0.6) is 0 Å². The number of anilines is 1. The average Bonchev–Trinajstić information content (AvgIpc) is 3.33. The van der Waals surface area contributed by atoms with Crippen LogP contribution >= 0.6 is 0 Å². The van der Waals surface area contributed by atoms with Gasteiger partial charge in [-0.1, -0.05) is 12.1 Å². The van der Waals surface area contributed by atoms with E-state index in [4.69, 9.17) is 0 Å². The standard InChI is InChI=1S/C21H20N6O2/c28-11-10-26-9-7-22-19(26)15-2-1-3-16(12-15)24-21(29)17-13-23-27-8-6-18(14-4-5-14)25-20(17)27/h1-3,6-9,12-14,28H,4-5,10-11H2,(H,24,29). The monoisotopic (exact) mass is 388 g/mol. The fourth-order valence-corrected chi connectivity index (χ4v) is 3.44. The fourth-order valence-electron chi connectivity index (χ4n) is 3.44. The summed E-state index contributed by atoms with van der Waals surface area (Å²) in [6.45, 7) is 0.494. The SMILES string of the molecule is O=C(Nc1cccc(-c2nccn2CCO)c1)c1cnn2ccc(C3CC3)nc12. The summed E-state index contributed by atoms with van der Waals surface area (Å²) in [5, 5.41) is 16.4. The van der Waals surface area contributed by atoms with E-state index in [9.17, 15) is 9.90 Å². The van der Waals surface area contributed by atoms with E-state index in [1.807, 2.05) is 47.3 Å². The highest BCUT2D eigenvalue weighted by atomic mass is 16.3. The van der Waals surface area contributed by atoms with Crippen molar-refractivity contribution in [3.05, 3.63) is 66.4 Å². The molecule has 2 N–H and O–H groups in total. The summed E-state index contributed by atoms with van der Waals surface area (Å²) < 4.78 is 3.50. The van der Waals surface area contributed by atoms with Crippen LogP contribution in [0.1, 0.15) is 34.8 Å². The minimum Gasteiger partial charge on any atom is -0.395 e. The Hall–Kier alpha value is -3.52. The van der Waals surface area contributed by atoms with Crippen molar-refractivity contribution in [2.24, 2.45) is 0 Å². The number of imidazole rings is 1. The Labute approximate surface area is 166 Å². The molecular weight excluding hydrogens is 368 g/mol. The number of carbonyl (C=O) groups excluding carboxylic acids is 1. The number of carbonyl (C=O) groups is 1. The Morgan fingerprint density at radius 1 is 1.24 bits per heavy atom. The van der Waals surface area contributed by atoms with Crippen molar-refractivity contribution >= 4 is 17.2 Å². The number of aromatic nitrogens is 5. The number of hydrogen-bond acceptors (Lipinski definition) is 5. The second kappa shape index (κ2) is 7.14. The maximum Gasteiger partial charge on any atom is 0.261 e. The third-order valence-electron chi connectivity index (χ3n) is 5.07. The lowest BCUT2D eigenvalue weighted by molar-refractivity contribution is 0.102. The molecule has 1 fully saturated rings. The number of fused-ring (bicyclic) bond motifs is 1. The molecule has 0 unspecified atom stereocenters. The van der Waals surface area contributed by atoms with Gasteiger partial charge in [0.2, 0.25) is 0 Å². The minimum absolute atomic E-state index is 0.0321. The maximum absolute atomic E-state index is 12.9. The van der Waals surface area contributed by atoms with Gasteiger partial charge >= 0.3 is 0 Å². The number of nitrogens with zero attached hydrogens (tertiary/aromatic N) is 5. The van der Waals surface area contributed by atoms with Gasteiger partial charge in [0, 0.05) is 48.0 Å². The molecule has 0 saturated heterocycles. The number of amides is 1. The Bertz CT molecular complexity index is 1190. The molecule has 146 valence electrons. The molecule has 3 aromatic heterocycles. The van der Waals surface area contributed by atoms with Crippen molar-refractivity contribution in [3.63, 3.8) is 0 Å². The van der Waals surface area contributed by atoms with Crippen molar-refractivity contribution in [3.8, 4) is 11.4 Å². The largest absolute Gasteiger partial charge is 0.395 e. The van der Waals surface area contributed by atoms with Crippen molar-refractivity contribution in [2.45, 2.75) is 25.3 Å². The molecule has 8 nitrogen and oxygen atoms in total. The van der Waals surface area contributed by atoms with Gasteiger partial charge in [0.1, 0.15) is 11.4 Å². The molecule has 1 aliphatic rings. The molecular formula is C21H20N6O2. The molecule has 1 aliphatic carbocycles. The van der Waals surface area contributed by atoms with Crippen LogP contribution < -0.4 is 5.32 Å². The normalized spacial score (nSPS) is 13.7. The predicted molar refractivity (Wildman–Crippen MR) is 108 cm³/mol. The van der Waals surface area contributed by atoms with Gasteiger partial charge in [-0.05, 0) is 31.0 Å². The second-order valence-electron chi connectivity index (χ2n) is 7.16. The molecule has 0 spiro atoms. The highest BCUT2D eigenvalue weighted by molar-refractivity contribution is 6.08. The minimum atomic E-state index is -0.253. The van der Waals surface area contributed by atoms with Crippen molar-refractivity contribution < 1.29 is 9.90 Å². The Morgan fingerprint density at radius 3 is 2.97 bits per heavy atom. The molecule has 8 heteroatoms. The quantitative estimate of drug-likeness (QED) is 0.529. The summed E-state index contributed by atoms with van der Waals surface area (Å²) in [5.74, 6) is 0.989. The van der Waals surface area contributed by atoms with Crippen LogP contribution in [0, 0.1) is 0 Å². The van der Waals surface area contributed by atoms with Gasteiger partial charge in [0.25, 0.3) is 5.91 Å². The van der Waals surface area contributed by atoms with E-state index < -0.39 is 0 Å². The van der Waals surface area contributed by atoms with Crippen LogP contribution in [0.3, 0.4) is 0 Å².